The van der Waals surface area contributed by atoms with Crippen molar-refractivity contribution in [2.24, 2.45) is 0 Å². The zero-order valence-electron chi connectivity index (χ0n) is 20.2. The number of furan rings is 1. The third-order valence-electron chi connectivity index (χ3n) is 7.40. The summed E-state index contributed by atoms with van der Waals surface area (Å²) >= 11 is 0. The van der Waals surface area contributed by atoms with E-state index in [0.717, 1.165) is 37.9 Å². The molecule has 5 rings (SSSR count). The molecule has 186 valence electrons. The molecular weight excluding hydrogens is 446 g/mol. The number of aryl methyl sites for hydroxylation is 1. The lowest BCUT2D eigenvalue weighted by Crippen LogP contribution is -2.58. The summed E-state index contributed by atoms with van der Waals surface area (Å²) in [6.45, 7) is 5.74. The Morgan fingerprint density at radius 1 is 1.11 bits per heavy atom. The molecule has 1 aromatic heterocycles. The summed E-state index contributed by atoms with van der Waals surface area (Å²) < 4.78 is 5.28. The van der Waals surface area contributed by atoms with E-state index in [1.54, 1.807) is 6.07 Å². The minimum atomic E-state index is -0.836. The quantitative estimate of drug-likeness (QED) is 0.617. The predicted octanol–water partition coefficient (Wildman–Crippen LogP) is 2.33. The highest BCUT2D eigenvalue weighted by Gasteiger charge is 2.53. The molecule has 3 fully saturated rings. The summed E-state index contributed by atoms with van der Waals surface area (Å²) in [4.78, 5) is 44.5. The third kappa shape index (κ3) is 4.97. The molecule has 3 aliphatic heterocycles. The van der Waals surface area contributed by atoms with Gasteiger partial charge in [0, 0.05) is 37.8 Å². The molecule has 2 aromatic rings. The molecule has 1 unspecified atom stereocenters. The fourth-order valence-corrected chi connectivity index (χ4v) is 5.48. The zero-order valence-corrected chi connectivity index (χ0v) is 20.2. The largest absolute Gasteiger partial charge is 0.459 e. The van der Waals surface area contributed by atoms with Crippen molar-refractivity contribution < 1.29 is 18.8 Å². The van der Waals surface area contributed by atoms with Gasteiger partial charge >= 0.3 is 6.03 Å². The fraction of sp³-hybridized carbons (Fsp3) is 0.500. The van der Waals surface area contributed by atoms with Gasteiger partial charge in [0.2, 0.25) is 0 Å². The summed E-state index contributed by atoms with van der Waals surface area (Å²) in [5, 5.41) is 6.07. The van der Waals surface area contributed by atoms with Crippen molar-refractivity contribution >= 4 is 17.8 Å². The van der Waals surface area contributed by atoms with E-state index < -0.39 is 5.54 Å². The van der Waals surface area contributed by atoms with Gasteiger partial charge in [-0.3, -0.25) is 19.4 Å². The molecule has 0 bridgehead atoms. The molecule has 3 aliphatic rings. The predicted molar refractivity (Wildman–Crippen MR) is 129 cm³/mol. The maximum absolute atomic E-state index is 13.5. The lowest BCUT2D eigenvalue weighted by molar-refractivity contribution is -0.135. The van der Waals surface area contributed by atoms with Gasteiger partial charge in [-0.1, -0.05) is 30.3 Å². The Morgan fingerprint density at radius 2 is 1.89 bits per heavy atom. The smallest absolute Gasteiger partial charge is 0.326 e. The van der Waals surface area contributed by atoms with E-state index in [9.17, 15) is 14.4 Å². The first-order valence-corrected chi connectivity index (χ1v) is 12.4. The number of rotatable bonds is 6. The number of carbonyl (C=O) groups is 3. The normalized spacial score (nSPS) is 24.2. The number of amides is 4. The first-order chi connectivity index (χ1) is 16.9. The Balaban J connectivity index is 1.14. The number of likely N-dealkylation sites (tertiary alicyclic amines) is 2. The van der Waals surface area contributed by atoms with E-state index in [4.69, 9.17) is 4.42 Å². The molecule has 9 heteroatoms. The molecule has 1 atom stereocenters. The first kappa shape index (κ1) is 23.6. The highest BCUT2D eigenvalue weighted by Crippen LogP contribution is 2.29. The standard InChI is InChI=1S/C26H33N5O4/c1-19-10-15-35-22(19)23(32)27-21-8-13-29(14-9-21)18-31-24(33)26(28-25(31)34)11-5-12-30(17-26)16-20-6-3-2-4-7-20/h2-4,6-7,10,15,21H,5,8-9,11-14,16-18H2,1H3,(H,27,32)(H,28,34). The highest BCUT2D eigenvalue weighted by atomic mass is 16.3. The van der Waals surface area contributed by atoms with Crippen LogP contribution < -0.4 is 10.6 Å². The van der Waals surface area contributed by atoms with Crippen LogP contribution >= 0.6 is 0 Å². The SMILES string of the molecule is Cc1ccoc1C(=O)NC1CCN(CN2C(=O)NC3(CCCN(Cc4ccccc4)C3)C2=O)CC1. The van der Waals surface area contributed by atoms with Gasteiger partial charge in [-0.25, -0.2) is 9.69 Å². The number of piperidine rings is 2. The molecule has 9 nitrogen and oxygen atoms in total. The van der Waals surface area contributed by atoms with Crippen LogP contribution in [0, 0.1) is 6.92 Å². The van der Waals surface area contributed by atoms with Crippen LogP contribution in [0.5, 0.6) is 0 Å². The molecule has 0 saturated carbocycles. The lowest BCUT2D eigenvalue weighted by Gasteiger charge is -2.38. The molecule has 35 heavy (non-hydrogen) atoms. The van der Waals surface area contributed by atoms with Crippen molar-refractivity contribution in [1.82, 2.24) is 25.3 Å². The van der Waals surface area contributed by atoms with Crippen molar-refractivity contribution in [2.75, 3.05) is 32.8 Å². The Labute approximate surface area is 205 Å². The van der Waals surface area contributed by atoms with E-state index in [2.05, 4.69) is 32.6 Å². The minimum absolute atomic E-state index is 0.0441. The van der Waals surface area contributed by atoms with E-state index in [-0.39, 0.29) is 30.6 Å². The average Bonchev–Trinajstić information content (AvgIpc) is 3.38. The van der Waals surface area contributed by atoms with E-state index in [1.165, 1.54) is 16.7 Å². The molecular formula is C26H33N5O4. The number of benzene rings is 1. The molecule has 1 aromatic carbocycles. The summed E-state index contributed by atoms with van der Waals surface area (Å²) in [5.74, 6) is 0.0363. The summed E-state index contributed by atoms with van der Waals surface area (Å²) in [7, 11) is 0. The van der Waals surface area contributed by atoms with E-state index in [1.807, 2.05) is 25.1 Å². The number of hydrogen-bond acceptors (Lipinski definition) is 6. The Bertz CT molecular complexity index is 1080. The average molecular weight is 480 g/mol. The van der Waals surface area contributed by atoms with Crippen molar-refractivity contribution in [3.05, 3.63) is 59.5 Å². The number of nitrogens with zero attached hydrogens (tertiary/aromatic N) is 3. The van der Waals surface area contributed by atoms with Gasteiger partial charge in [0.1, 0.15) is 5.54 Å². The van der Waals surface area contributed by atoms with Crippen LogP contribution in [0.1, 0.15) is 47.4 Å². The summed E-state index contributed by atoms with van der Waals surface area (Å²) in [6.07, 6.45) is 4.56. The Kier molecular flexibility index (Phi) is 6.62. The van der Waals surface area contributed by atoms with Crippen molar-refractivity contribution in [1.29, 1.82) is 0 Å². The number of carbonyl (C=O) groups excluding carboxylic acids is 3. The Morgan fingerprint density at radius 3 is 2.60 bits per heavy atom. The van der Waals surface area contributed by atoms with Gasteiger partial charge < -0.3 is 15.1 Å². The molecule has 4 heterocycles. The summed E-state index contributed by atoms with van der Waals surface area (Å²) in [6, 6.07) is 11.7. The second-order valence-corrected chi connectivity index (χ2v) is 9.99. The number of imide groups is 1. The monoisotopic (exact) mass is 479 g/mol. The lowest BCUT2D eigenvalue weighted by atomic mass is 9.88. The molecule has 1 spiro atoms. The number of nitrogens with one attached hydrogen (secondary N) is 2. The van der Waals surface area contributed by atoms with Crippen LogP contribution in [0.3, 0.4) is 0 Å². The Hall–Kier alpha value is -3.17. The second kappa shape index (κ2) is 9.83. The van der Waals surface area contributed by atoms with Crippen LogP contribution in [-0.2, 0) is 11.3 Å². The van der Waals surface area contributed by atoms with Crippen LogP contribution in [-0.4, -0.2) is 77.0 Å². The highest BCUT2D eigenvalue weighted by molar-refractivity contribution is 6.07. The van der Waals surface area contributed by atoms with Crippen molar-refractivity contribution in [2.45, 2.75) is 50.7 Å². The van der Waals surface area contributed by atoms with E-state index in [0.29, 0.717) is 31.8 Å². The molecule has 3 saturated heterocycles. The van der Waals surface area contributed by atoms with Crippen LogP contribution in [0.15, 0.2) is 47.1 Å². The van der Waals surface area contributed by atoms with Crippen LogP contribution in [0.25, 0.3) is 0 Å². The van der Waals surface area contributed by atoms with Crippen LogP contribution in [0.4, 0.5) is 4.79 Å². The van der Waals surface area contributed by atoms with Gasteiger partial charge in [0.15, 0.2) is 5.76 Å². The maximum atomic E-state index is 13.5. The second-order valence-electron chi connectivity index (χ2n) is 9.99. The molecule has 0 radical (unpaired) electrons. The van der Waals surface area contributed by atoms with Gasteiger partial charge in [-0.15, -0.1) is 0 Å². The van der Waals surface area contributed by atoms with Crippen LogP contribution in [0.2, 0.25) is 0 Å². The van der Waals surface area contributed by atoms with Gasteiger partial charge in [0.25, 0.3) is 11.8 Å². The topological polar surface area (TPSA) is 98.1 Å². The third-order valence-corrected chi connectivity index (χ3v) is 7.40. The number of hydrogen-bond donors (Lipinski definition) is 2. The molecule has 4 amide bonds. The number of urea groups is 1. The first-order valence-electron chi connectivity index (χ1n) is 12.4. The minimum Gasteiger partial charge on any atom is -0.459 e. The summed E-state index contributed by atoms with van der Waals surface area (Å²) in [5.41, 5.74) is 1.19. The van der Waals surface area contributed by atoms with Gasteiger partial charge in [-0.2, -0.15) is 0 Å². The van der Waals surface area contributed by atoms with Crippen molar-refractivity contribution in [3.63, 3.8) is 0 Å². The maximum Gasteiger partial charge on any atom is 0.326 e. The fourth-order valence-electron chi connectivity index (χ4n) is 5.48. The van der Waals surface area contributed by atoms with Crippen molar-refractivity contribution in [3.8, 4) is 0 Å². The van der Waals surface area contributed by atoms with Gasteiger partial charge in [0.05, 0.1) is 12.9 Å². The van der Waals surface area contributed by atoms with E-state index >= 15 is 0 Å². The molecule has 2 N–H and O–H groups in total. The van der Waals surface area contributed by atoms with Gasteiger partial charge in [-0.05, 0) is 50.8 Å². The zero-order chi connectivity index (χ0) is 24.4. The molecule has 0 aliphatic carbocycles.